The van der Waals surface area contributed by atoms with Gasteiger partial charge in [0.15, 0.2) is 11.5 Å². The molecular formula is C11H16BrNO3. The smallest absolute Gasteiger partial charge is 0.175 e. The Labute approximate surface area is 103 Å². The van der Waals surface area contributed by atoms with Crippen molar-refractivity contribution in [1.82, 2.24) is 0 Å². The van der Waals surface area contributed by atoms with Crippen molar-refractivity contribution in [2.45, 2.75) is 19.4 Å². The minimum Gasteiger partial charge on any atom is -0.507 e. The summed E-state index contributed by atoms with van der Waals surface area (Å²) >= 11 is 3.37. The van der Waals surface area contributed by atoms with Gasteiger partial charge in [0.1, 0.15) is 5.75 Å². The van der Waals surface area contributed by atoms with E-state index >= 15 is 0 Å². The number of phenols is 1. The topological polar surface area (TPSA) is 64.7 Å². The van der Waals surface area contributed by atoms with Crippen LogP contribution in [0.5, 0.6) is 17.2 Å². The van der Waals surface area contributed by atoms with Crippen LogP contribution in [0.1, 0.15) is 19.4 Å². The number of hydrogen-bond donors (Lipinski definition) is 2. The maximum atomic E-state index is 9.91. The Bertz CT molecular complexity index is 399. The molecule has 0 radical (unpaired) electrons. The van der Waals surface area contributed by atoms with E-state index in [9.17, 15) is 5.11 Å². The fraction of sp³-hybridized carbons (Fsp3) is 0.455. The van der Waals surface area contributed by atoms with Crippen molar-refractivity contribution in [2.75, 3.05) is 14.2 Å². The summed E-state index contributed by atoms with van der Waals surface area (Å²) in [7, 11) is 3.05. The van der Waals surface area contributed by atoms with Crippen molar-refractivity contribution in [3.05, 3.63) is 16.1 Å². The molecule has 0 heterocycles. The second-order valence-corrected chi connectivity index (χ2v) is 4.83. The van der Waals surface area contributed by atoms with Gasteiger partial charge < -0.3 is 20.3 Å². The molecule has 5 heteroatoms. The normalized spacial score (nSPS) is 11.4. The Balaban J connectivity index is 3.54. The Hall–Kier alpha value is -0.940. The third kappa shape index (κ3) is 2.25. The van der Waals surface area contributed by atoms with Crippen molar-refractivity contribution in [3.8, 4) is 17.2 Å². The zero-order chi connectivity index (χ0) is 12.5. The predicted molar refractivity (Wildman–Crippen MR) is 66.1 cm³/mol. The van der Waals surface area contributed by atoms with E-state index in [1.807, 2.05) is 0 Å². The third-order valence-corrected chi connectivity index (χ3v) is 2.99. The van der Waals surface area contributed by atoms with Crippen LogP contribution in [0.2, 0.25) is 0 Å². The van der Waals surface area contributed by atoms with Gasteiger partial charge in [0.25, 0.3) is 0 Å². The Morgan fingerprint density at radius 3 is 2.25 bits per heavy atom. The molecule has 0 aliphatic heterocycles. The number of ether oxygens (including phenoxy) is 2. The highest BCUT2D eigenvalue weighted by atomic mass is 79.9. The van der Waals surface area contributed by atoms with E-state index in [4.69, 9.17) is 15.2 Å². The standard InChI is InChI=1S/C11H16BrNO3/c1-11(2,13)8-6(14)5-7(15-3)10(16-4)9(8)12/h5,14H,13H2,1-4H3. The number of phenolic OH excluding ortho intramolecular Hbond substituents is 1. The number of rotatable bonds is 3. The quantitative estimate of drug-likeness (QED) is 0.897. The second kappa shape index (κ2) is 4.51. The molecule has 0 spiro atoms. The molecule has 1 aromatic carbocycles. The molecule has 0 amide bonds. The average molecular weight is 290 g/mol. The molecule has 0 saturated heterocycles. The molecule has 16 heavy (non-hydrogen) atoms. The summed E-state index contributed by atoms with van der Waals surface area (Å²) in [5.41, 5.74) is 5.90. The molecule has 3 N–H and O–H groups in total. The Morgan fingerprint density at radius 2 is 1.88 bits per heavy atom. The first-order valence-electron chi connectivity index (χ1n) is 4.75. The summed E-state index contributed by atoms with van der Waals surface area (Å²) in [5, 5.41) is 9.91. The van der Waals surface area contributed by atoms with Gasteiger partial charge in [0, 0.05) is 17.2 Å². The molecule has 0 bridgehead atoms. The largest absolute Gasteiger partial charge is 0.507 e. The van der Waals surface area contributed by atoms with E-state index in [-0.39, 0.29) is 5.75 Å². The lowest BCUT2D eigenvalue weighted by Gasteiger charge is -2.24. The number of benzene rings is 1. The zero-order valence-electron chi connectivity index (χ0n) is 9.80. The van der Waals surface area contributed by atoms with Gasteiger partial charge >= 0.3 is 0 Å². The molecule has 1 rings (SSSR count). The number of halogens is 1. The summed E-state index contributed by atoms with van der Waals surface area (Å²) in [6.45, 7) is 3.61. The lowest BCUT2D eigenvalue weighted by atomic mass is 9.94. The van der Waals surface area contributed by atoms with Gasteiger partial charge in [-0.2, -0.15) is 0 Å². The van der Waals surface area contributed by atoms with Crippen LogP contribution in [0.3, 0.4) is 0 Å². The van der Waals surface area contributed by atoms with Crippen molar-refractivity contribution in [2.24, 2.45) is 5.73 Å². The first-order chi connectivity index (χ1) is 7.32. The zero-order valence-corrected chi connectivity index (χ0v) is 11.4. The summed E-state index contributed by atoms with van der Waals surface area (Å²) in [5.74, 6) is 1.06. The van der Waals surface area contributed by atoms with Crippen LogP contribution in [-0.2, 0) is 5.54 Å². The van der Waals surface area contributed by atoms with Crippen molar-refractivity contribution in [3.63, 3.8) is 0 Å². The molecule has 1 aromatic rings. The fourth-order valence-electron chi connectivity index (χ4n) is 1.55. The number of hydrogen-bond acceptors (Lipinski definition) is 4. The van der Waals surface area contributed by atoms with Gasteiger partial charge in [-0.25, -0.2) is 0 Å². The maximum absolute atomic E-state index is 9.91. The number of aromatic hydroxyl groups is 1. The molecule has 0 fully saturated rings. The molecule has 0 saturated carbocycles. The predicted octanol–water partition coefficient (Wildman–Crippen LogP) is 2.37. The van der Waals surface area contributed by atoms with Crippen molar-refractivity contribution < 1.29 is 14.6 Å². The molecule has 4 nitrogen and oxygen atoms in total. The molecule has 0 atom stereocenters. The van der Waals surface area contributed by atoms with E-state index in [2.05, 4.69) is 15.9 Å². The SMILES string of the molecule is COc1cc(O)c(C(C)(C)N)c(Br)c1OC. The summed E-state index contributed by atoms with van der Waals surface area (Å²) < 4.78 is 10.9. The van der Waals surface area contributed by atoms with Gasteiger partial charge in [-0.1, -0.05) is 0 Å². The van der Waals surface area contributed by atoms with Gasteiger partial charge in [0.2, 0.25) is 0 Å². The highest BCUT2D eigenvalue weighted by Gasteiger charge is 2.26. The van der Waals surface area contributed by atoms with Crippen LogP contribution in [-0.4, -0.2) is 19.3 Å². The average Bonchev–Trinajstić information content (AvgIpc) is 2.14. The molecule has 0 aromatic heterocycles. The minimum atomic E-state index is -0.678. The molecular weight excluding hydrogens is 274 g/mol. The molecule has 90 valence electrons. The van der Waals surface area contributed by atoms with Gasteiger partial charge in [0.05, 0.1) is 18.7 Å². The monoisotopic (exact) mass is 289 g/mol. The van der Waals surface area contributed by atoms with E-state index in [0.717, 1.165) is 0 Å². The maximum Gasteiger partial charge on any atom is 0.175 e. The Morgan fingerprint density at radius 1 is 1.31 bits per heavy atom. The highest BCUT2D eigenvalue weighted by molar-refractivity contribution is 9.10. The first-order valence-corrected chi connectivity index (χ1v) is 5.55. The second-order valence-electron chi connectivity index (χ2n) is 4.04. The number of nitrogens with two attached hydrogens (primary N) is 1. The van der Waals surface area contributed by atoms with E-state index in [1.54, 1.807) is 13.8 Å². The lowest BCUT2D eigenvalue weighted by molar-refractivity contribution is 0.345. The van der Waals surface area contributed by atoms with Crippen LogP contribution in [0.4, 0.5) is 0 Å². The lowest BCUT2D eigenvalue weighted by Crippen LogP contribution is -2.29. The van der Waals surface area contributed by atoms with Gasteiger partial charge in [-0.05, 0) is 29.8 Å². The van der Waals surface area contributed by atoms with Crippen LogP contribution in [0, 0.1) is 0 Å². The van der Waals surface area contributed by atoms with Gasteiger partial charge in [-0.15, -0.1) is 0 Å². The van der Waals surface area contributed by atoms with Crippen LogP contribution < -0.4 is 15.2 Å². The first kappa shape index (κ1) is 13.1. The summed E-state index contributed by atoms with van der Waals surface area (Å²) in [6, 6.07) is 1.49. The van der Waals surface area contributed by atoms with E-state index < -0.39 is 5.54 Å². The minimum absolute atomic E-state index is 0.0806. The fourth-order valence-corrected chi connectivity index (χ4v) is 2.62. The summed E-state index contributed by atoms with van der Waals surface area (Å²) in [6.07, 6.45) is 0. The third-order valence-electron chi connectivity index (χ3n) is 2.23. The van der Waals surface area contributed by atoms with Crippen molar-refractivity contribution in [1.29, 1.82) is 0 Å². The molecule has 0 aliphatic carbocycles. The van der Waals surface area contributed by atoms with Crippen LogP contribution in [0.25, 0.3) is 0 Å². The summed E-state index contributed by atoms with van der Waals surface area (Å²) in [4.78, 5) is 0. The molecule has 0 unspecified atom stereocenters. The highest BCUT2D eigenvalue weighted by Crippen LogP contribution is 2.45. The van der Waals surface area contributed by atoms with Gasteiger partial charge in [-0.3, -0.25) is 0 Å². The van der Waals surface area contributed by atoms with E-state index in [1.165, 1.54) is 20.3 Å². The Kier molecular flexibility index (Phi) is 3.70. The number of methoxy groups -OCH3 is 2. The van der Waals surface area contributed by atoms with Crippen molar-refractivity contribution >= 4 is 15.9 Å². The van der Waals surface area contributed by atoms with Crippen LogP contribution >= 0.6 is 15.9 Å². The van der Waals surface area contributed by atoms with E-state index in [0.29, 0.717) is 21.5 Å². The van der Waals surface area contributed by atoms with Crippen LogP contribution in [0.15, 0.2) is 10.5 Å². The molecule has 0 aliphatic rings.